The lowest BCUT2D eigenvalue weighted by molar-refractivity contribution is -0.128. The van der Waals surface area contributed by atoms with E-state index in [1.165, 1.54) is 5.39 Å². The third kappa shape index (κ3) is 3.85. The van der Waals surface area contributed by atoms with Gasteiger partial charge in [-0.1, -0.05) is 54.6 Å². The standard InChI is InChI=1S/C23H22N2O2/c26-22-9-4-14-25(22)16-17-10-12-19(13-11-17)23(27)24-15-20-7-3-6-18-5-1-2-8-21(18)20/h1-3,5-8,10-13H,4,9,14-16H2,(H,24,27). The summed E-state index contributed by atoms with van der Waals surface area (Å²) in [6.07, 6.45) is 1.59. The molecular formula is C23H22N2O2. The van der Waals surface area contributed by atoms with E-state index in [9.17, 15) is 9.59 Å². The number of carbonyl (C=O) groups is 2. The summed E-state index contributed by atoms with van der Waals surface area (Å²) in [5, 5.41) is 5.33. The quantitative estimate of drug-likeness (QED) is 0.752. The van der Waals surface area contributed by atoms with Crippen LogP contribution in [-0.4, -0.2) is 23.3 Å². The minimum atomic E-state index is -0.0910. The van der Waals surface area contributed by atoms with Gasteiger partial charge in [-0.3, -0.25) is 9.59 Å². The summed E-state index contributed by atoms with van der Waals surface area (Å²) in [4.78, 5) is 26.1. The second-order valence-electron chi connectivity index (χ2n) is 6.94. The Bertz CT molecular complexity index is 974. The Morgan fingerprint density at radius 1 is 0.963 bits per heavy atom. The van der Waals surface area contributed by atoms with Gasteiger partial charge in [-0.2, -0.15) is 0 Å². The molecule has 0 unspecified atom stereocenters. The summed E-state index contributed by atoms with van der Waals surface area (Å²) >= 11 is 0. The molecule has 2 amide bonds. The molecule has 3 aromatic carbocycles. The van der Waals surface area contributed by atoms with Crippen molar-refractivity contribution in [1.29, 1.82) is 0 Å². The second kappa shape index (κ2) is 7.62. The van der Waals surface area contributed by atoms with Crippen molar-refractivity contribution in [3.8, 4) is 0 Å². The van der Waals surface area contributed by atoms with Gasteiger partial charge in [0, 0.05) is 31.6 Å². The Labute approximate surface area is 158 Å². The van der Waals surface area contributed by atoms with E-state index in [-0.39, 0.29) is 11.8 Å². The predicted molar refractivity (Wildman–Crippen MR) is 106 cm³/mol. The summed E-state index contributed by atoms with van der Waals surface area (Å²) in [7, 11) is 0. The third-order valence-electron chi connectivity index (χ3n) is 5.08. The fraction of sp³-hybridized carbons (Fsp3) is 0.217. The summed E-state index contributed by atoms with van der Waals surface area (Å²) in [6, 6.07) is 21.8. The Hall–Kier alpha value is -3.14. The molecule has 1 aliphatic rings. The molecule has 1 N–H and O–H groups in total. The lowest BCUT2D eigenvalue weighted by Crippen LogP contribution is -2.24. The highest BCUT2D eigenvalue weighted by Crippen LogP contribution is 2.18. The molecular weight excluding hydrogens is 336 g/mol. The average molecular weight is 358 g/mol. The van der Waals surface area contributed by atoms with Crippen molar-refractivity contribution in [2.24, 2.45) is 0 Å². The minimum Gasteiger partial charge on any atom is -0.348 e. The molecule has 27 heavy (non-hydrogen) atoms. The van der Waals surface area contributed by atoms with Crippen molar-refractivity contribution in [3.05, 3.63) is 83.4 Å². The number of amides is 2. The van der Waals surface area contributed by atoms with E-state index < -0.39 is 0 Å². The fourth-order valence-corrected chi connectivity index (χ4v) is 3.58. The van der Waals surface area contributed by atoms with Crippen molar-refractivity contribution in [2.45, 2.75) is 25.9 Å². The molecule has 1 heterocycles. The minimum absolute atomic E-state index is 0.0910. The molecule has 0 bridgehead atoms. The molecule has 136 valence electrons. The molecule has 4 heteroatoms. The van der Waals surface area contributed by atoms with Gasteiger partial charge in [-0.05, 0) is 40.5 Å². The second-order valence-corrected chi connectivity index (χ2v) is 6.94. The fourth-order valence-electron chi connectivity index (χ4n) is 3.58. The zero-order chi connectivity index (χ0) is 18.6. The normalized spacial score (nSPS) is 13.9. The van der Waals surface area contributed by atoms with E-state index >= 15 is 0 Å². The number of fused-ring (bicyclic) bond motifs is 1. The molecule has 0 aromatic heterocycles. The van der Waals surface area contributed by atoms with Crippen LogP contribution in [-0.2, 0) is 17.9 Å². The van der Waals surface area contributed by atoms with E-state index in [0.29, 0.717) is 25.1 Å². The van der Waals surface area contributed by atoms with E-state index in [1.807, 2.05) is 53.4 Å². The zero-order valence-corrected chi connectivity index (χ0v) is 15.2. The van der Waals surface area contributed by atoms with Crippen LogP contribution in [0.1, 0.15) is 34.3 Å². The summed E-state index contributed by atoms with van der Waals surface area (Å²) in [5.41, 5.74) is 2.79. The van der Waals surface area contributed by atoms with Crippen LogP contribution in [0.4, 0.5) is 0 Å². The van der Waals surface area contributed by atoms with Crippen molar-refractivity contribution in [1.82, 2.24) is 10.2 Å². The van der Waals surface area contributed by atoms with Crippen molar-refractivity contribution >= 4 is 22.6 Å². The zero-order valence-electron chi connectivity index (χ0n) is 15.2. The molecule has 0 aliphatic carbocycles. The molecule has 1 saturated heterocycles. The lowest BCUT2D eigenvalue weighted by Gasteiger charge is -2.15. The maximum Gasteiger partial charge on any atom is 0.251 e. The largest absolute Gasteiger partial charge is 0.348 e. The van der Waals surface area contributed by atoms with Crippen LogP contribution >= 0.6 is 0 Å². The van der Waals surface area contributed by atoms with Crippen molar-refractivity contribution in [2.75, 3.05) is 6.54 Å². The van der Waals surface area contributed by atoms with E-state index in [4.69, 9.17) is 0 Å². The SMILES string of the molecule is O=C(NCc1cccc2ccccc12)c1ccc(CN2CCCC2=O)cc1. The predicted octanol–water partition coefficient (Wildman–Crippen LogP) is 3.89. The highest BCUT2D eigenvalue weighted by atomic mass is 16.2. The highest BCUT2D eigenvalue weighted by Gasteiger charge is 2.20. The first kappa shape index (κ1) is 17.3. The first-order valence-corrected chi connectivity index (χ1v) is 9.32. The number of hydrogen-bond donors (Lipinski definition) is 1. The highest BCUT2D eigenvalue weighted by molar-refractivity contribution is 5.94. The van der Waals surface area contributed by atoms with Gasteiger partial charge in [0.15, 0.2) is 0 Å². The molecule has 0 radical (unpaired) electrons. The Morgan fingerprint density at radius 2 is 1.74 bits per heavy atom. The maximum absolute atomic E-state index is 12.5. The van der Waals surface area contributed by atoms with Crippen LogP contribution in [0.2, 0.25) is 0 Å². The van der Waals surface area contributed by atoms with Gasteiger partial charge in [0.1, 0.15) is 0 Å². The summed E-state index contributed by atoms with van der Waals surface area (Å²) in [6.45, 7) is 1.94. The summed E-state index contributed by atoms with van der Waals surface area (Å²) in [5.74, 6) is 0.124. The molecule has 3 aromatic rings. The molecule has 0 saturated carbocycles. The van der Waals surface area contributed by atoms with Crippen LogP contribution < -0.4 is 5.32 Å². The first-order chi connectivity index (χ1) is 13.2. The van der Waals surface area contributed by atoms with E-state index in [2.05, 4.69) is 23.5 Å². The third-order valence-corrected chi connectivity index (χ3v) is 5.08. The number of hydrogen-bond acceptors (Lipinski definition) is 2. The summed E-state index contributed by atoms with van der Waals surface area (Å²) < 4.78 is 0. The number of carbonyl (C=O) groups excluding carboxylic acids is 2. The number of benzene rings is 3. The maximum atomic E-state index is 12.5. The van der Waals surface area contributed by atoms with Gasteiger partial charge in [-0.25, -0.2) is 0 Å². The van der Waals surface area contributed by atoms with E-state index in [0.717, 1.165) is 29.5 Å². The van der Waals surface area contributed by atoms with Crippen LogP contribution in [0, 0.1) is 0 Å². The monoisotopic (exact) mass is 358 g/mol. The van der Waals surface area contributed by atoms with Gasteiger partial charge in [0.2, 0.25) is 5.91 Å². The Balaban J connectivity index is 1.40. The van der Waals surface area contributed by atoms with E-state index in [1.54, 1.807) is 0 Å². The Morgan fingerprint density at radius 3 is 2.52 bits per heavy atom. The number of nitrogens with one attached hydrogen (secondary N) is 1. The van der Waals surface area contributed by atoms with Gasteiger partial charge in [-0.15, -0.1) is 0 Å². The molecule has 1 fully saturated rings. The van der Waals surface area contributed by atoms with Crippen LogP contribution in [0.15, 0.2) is 66.7 Å². The van der Waals surface area contributed by atoms with Gasteiger partial charge in [0.05, 0.1) is 0 Å². The van der Waals surface area contributed by atoms with Gasteiger partial charge < -0.3 is 10.2 Å². The van der Waals surface area contributed by atoms with Gasteiger partial charge in [0.25, 0.3) is 5.91 Å². The number of rotatable bonds is 5. The van der Waals surface area contributed by atoms with Crippen molar-refractivity contribution < 1.29 is 9.59 Å². The molecule has 4 nitrogen and oxygen atoms in total. The topological polar surface area (TPSA) is 49.4 Å². The Kier molecular flexibility index (Phi) is 4.88. The molecule has 1 aliphatic heterocycles. The lowest BCUT2D eigenvalue weighted by atomic mass is 10.0. The van der Waals surface area contributed by atoms with Crippen LogP contribution in [0.25, 0.3) is 10.8 Å². The first-order valence-electron chi connectivity index (χ1n) is 9.32. The molecule has 0 spiro atoms. The van der Waals surface area contributed by atoms with Crippen LogP contribution in [0.5, 0.6) is 0 Å². The number of likely N-dealkylation sites (tertiary alicyclic amines) is 1. The van der Waals surface area contributed by atoms with Crippen LogP contribution in [0.3, 0.4) is 0 Å². The van der Waals surface area contributed by atoms with Crippen molar-refractivity contribution in [3.63, 3.8) is 0 Å². The number of nitrogens with zero attached hydrogens (tertiary/aromatic N) is 1. The van der Waals surface area contributed by atoms with Gasteiger partial charge >= 0.3 is 0 Å². The smallest absolute Gasteiger partial charge is 0.251 e. The molecule has 0 atom stereocenters. The molecule has 4 rings (SSSR count). The average Bonchev–Trinajstić information content (AvgIpc) is 3.11.